The van der Waals surface area contributed by atoms with Crippen LogP contribution in [-0.4, -0.2) is 72.1 Å². The van der Waals surface area contributed by atoms with Crippen molar-refractivity contribution in [1.82, 2.24) is 19.9 Å². The largest absolute Gasteiger partial charge is 0.497 e. The van der Waals surface area contributed by atoms with Crippen LogP contribution < -0.4 is 29.9 Å². The molecule has 2 heterocycles. The molecule has 0 radical (unpaired) electrons. The van der Waals surface area contributed by atoms with Gasteiger partial charge in [-0.05, 0) is 83.9 Å². The summed E-state index contributed by atoms with van der Waals surface area (Å²) < 4.78 is 66.9. The number of hydrogen-bond acceptors (Lipinski definition) is 10. The molecule has 4 aromatic carbocycles. The lowest BCUT2D eigenvalue weighted by atomic mass is 10.0. The van der Waals surface area contributed by atoms with E-state index in [1.165, 1.54) is 48.8 Å². The summed E-state index contributed by atoms with van der Waals surface area (Å²) in [6.45, 7) is 0. The number of benzene rings is 4. The summed E-state index contributed by atoms with van der Waals surface area (Å²) in [6, 6.07) is 17.7. The van der Waals surface area contributed by atoms with E-state index in [-0.39, 0.29) is 62.9 Å². The molecule has 2 atom stereocenters. The van der Waals surface area contributed by atoms with E-state index in [4.69, 9.17) is 9.47 Å². The zero-order valence-electron chi connectivity index (χ0n) is 32.8. The Hall–Kier alpha value is -6.40. The molecule has 6 rings (SSSR count). The van der Waals surface area contributed by atoms with E-state index in [1.54, 1.807) is 62.6 Å². The highest BCUT2D eigenvalue weighted by atomic mass is 32.1. The molecule has 0 bridgehead atoms. The summed E-state index contributed by atoms with van der Waals surface area (Å²) in [5, 5.41) is 6.00. The Bertz CT molecular complexity index is 2160. The van der Waals surface area contributed by atoms with Gasteiger partial charge in [0.2, 0.25) is 23.7 Å². The number of nitrogens with zero attached hydrogens (tertiary/aromatic N) is 6. The molecule has 0 aliphatic heterocycles. The number of nitrogens with one attached hydrogen (secondary N) is 2. The van der Waals surface area contributed by atoms with Crippen molar-refractivity contribution < 1.29 is 36.6 Å². The van der Waals surface area contributed by atoms with E-state index < -0.39 is 47.2 Å². The number of likely N-dealkylation sites (N-methyl/N-ethyl adjacent to an activating group) is 2. The Balaban J connectivity index is 0.00000397. The third-order valence-corrected chi connectivity index (χ3v) is 9.14. The van der Waals surface area contributed by atoms with Gasteiger partial charge in [0.05, 0.1) is 14.2 Å². The summed E-state index contributed by atoms with van der Waals surface area (Å²) in [4.78, 5) is 47.9. The van der Waals surface area contributed by atoms with Crippen molar-refractivity contribution in [1.29, 1.82) is 0 Å². The number of halogens is 4. The van der Waals surface area contributed by atoms with Crippen LogP contribution in [-0.2, 0) is 22.4 Å². The average Bonchev–Trinajstić information content (AvgIpc) is 3.22. The van der Waals surface area contributed by atoms with E-state index in [0.29, 0.717) is 34.0 Å². The number of anilines is 4. The molecule has 0 fully saturated rings. The van der Waals surface area contributed by atoms with Crippen LogP contribution in [0.3, 0.4) is 0 Å². The summed E-state index contributed by atoms with van der Waals surface area (Å²) in [7, 11) is 6.21. The van der Waals surface area contributed by atoms with Crippen LogP contribution in [0, 0.1) is 23.3 Å². The van der Waals surface area contributed by atoms with Crippen molar-refractivity contribution in [3.05, 3.63) is 144 Å². The van der Waals surface area contributed by atoms with Crippen LogP contribution in [0.5, 0.6) is 11.5 Å². The normalized spacial score (nSPS) is 11.5. The monoisotopic (exact) mass is 862 g/mol. The van der Waals surface area contributed by atoms with Gasteiger partial charge in [-0.25, -0.2) is 37.5 Å². The summed E-state index contributed by atoms with van der Waals surface area (Å²) in [5.74, 6) is -2.62. The van der Waals surface area contributed by atoms with E-state index in [1.807, 2.05) is 0 Å². The molecule has 0 aliphatic rings. The van der Waals surface area contributed by atoms with Gasteiger partial charge in [0.15, 0.2) is 0 Å². The van der Waals surface area contributed by atoms with Gasteiger partial charge in [-0.3, -0.25) is 9.59 Å². The maximum Gasteiger partial charge on any atom is 0.249 e. The first kappa shape index (κ1) is 46.3. The van der Waals surface area contributed by atoms with Crippen LogP contribution in [0.4, 0.5) is 40.8 Å². The number of carbonyl (C=O) groups is 2. The van der Waals surface area contributed by atoms with Crippen LogP contribution in [0.1, 0.15) is 11.1 Å². The Morgan fingerprint density at radius 2 is 0.850 bits per heavy atom. The number of ether oxygens (including phenoxy) is 2. The SMILES string of the molecule is COc1ccc(N(C)C(=O)[C@H](Cc2cc(F)cc(F)c2)Nc2ncc(-c3cnc(N[C@@H](Cc4cc(F)cc(F)c4)C(=O)N(C)c4ccc(OC)cc4)nc3)cn2)cc1.S.S. The molecule has 2 N–H and O–H groups in total. The standard InChI is InChI=1S/C42H38F4N8O4.2H2S/c1-53(33-5-9-35(57-3)10-6-33)39(55)37(17-25-13-29(43)19-30(44)14-25)51-41-47-21-27(22-48-41)28-23-49-42(50-24-28)52-38(18-26-15-31(45)20-32(46)16-26)40(56)54(2)34-7-11-36(58-4)12-8-34;;/h5-16,19-24,37-38H,17-18H2,1-4H3,(H,47,48,51)(H,49,50,52);2*1H2/t37-,38-;;/m0../s1. The topological polar surface area (TPSA) is 135 Å². The molecule has 12 nitrogen and oxygen atoms in total. The number of amides is 2. The Kier molecular flexibility index (Phi) is 16.2. The lowest BCUT2D eigenvalue weighted by Gasteiger charge is -2.25. The second-order valence-electron chi connectivity index (χ2n) is 13.1. The van der Waals surface area contributed by atoms with Crippen molar-refractivity contribution in [2.45, 2.75) is 24.9 Å². The minimum absolute atomic E-state index is 0. The number of hydrogen-bond donors (Lipinski definition) is 2. The molecule has 0 spiro atoms. The molecule has 2 aromatic heterocycles. The first-order chi connectivity index (χ1) is 27.9. The minimum Gasteiger partial charge on any atom is -0.497 e. The van der Waals surface area contributed by atoms with Gasteiger partial charge in [-0.2, -0.15) is 27.0 Å². The maximum atomic E-state index is 14.1. The molecule has 314 valence electrons. The zero-order valence-corrected chi connectivity index (χ0v) is 34.8. The van der Waals surface area contributed by atoms with Crippen molar-refractivity contribution in [3.8, 4) is 22.6 Å². The first-order valence-electron chi connectivity index (χ1n) is 17.8. The van der Waals surface area contributed by atoms with Gasteiger partial charge in [0.25, 0.3) is 0 Å². The molecule has 60 heavy (non-hydrogen) atoms. The smallest absolute Gasteiger partial charge is 0.249 e. The van der Waals surface area contributed by atoms with Crippen molar-refractivity contribution in [3.63, 3.8) is 0 Å². The van der Waals surface area contributed by atoms with Crippen molar-refractivity contribution >= 4 is 62.1 Å². The second kappa shape index (κ2) is 21.0. The fraction of sp³-hybridized carbons (Fsp3) is 0.190. The van der Waals surface area contributed by atoms with Crippen LogP contribution >= 0.6 is 27.0 Å². The highest BCUT2D eigenvalue weighted by Crippen LogP contribution is 2.24. The second-order valence-corrected chi connectivity index (χ2v) is 13.1. The maximum absolute atomic E-state index is 14.1. The number of methoxy groups -OCH3 is 2. The van der Waals surface area contributed by atoms with Crippen LogP contribution in [0.25, 0.3) is 11.1 Å². The molecular weight excluding hydrogens is 821 g/mol. The van der Waals surface area contributed by atoms with Crippen molar-refractivity contribution in [2.24, 2.45) is 0 Å². The summed E-state index contributed by atoms with van der Waals surface area (Å²) >= 11 is 0. The van der Waals surface area contributed by atoms with Crippen molar-refractivity contribution in [2.75, 3.05) is 48.7 Å². The third kappa shape index (κ3) is 11.8. The minimum atomic E-state index is -1.03. The molecule has 18 heteroatoms. The average molecular weight is 863 g/mol. The van der Waals surface area contributed by atoms with E-state index >= 15 is 0 Å². The Morgan fingerprint density at radius 1 is 0.550 bits per heavy atom. The summed E-state index contributed by atoms with van der Waals surface area (Å²) in [6.07, 6.45) is 5.74. The quantitative estimate of drug-likeness (QED) is 0.103. The van der Waals surface area contributed by atoms with E-state index in [0.717, 1.165) is 36.4 Å². The predicted octanol–water partition coefficient (Wildman–Crippen LogP) is 7.11. The third-order valence-electron chi connectivity index (χ3n) is 9.14. The van der Waals surface area contributed by atoms with E-state index in [9.17, 15) is 27.2 Å². The predicted molar refractivity (Wildman–Crippen MR) is 232 cm³/mol. The van der Waals surface area contributed by atoms with Gasteiger partial charge in [-0.15, -0.1) is 0 Å². The highest BCUT2D eigenvalue weighted by Gasteiger charge is 2.27. The van der Waals surface area contributed by atoms with E-state index in [2.05, 4.69) is 30.6 Å². The van der Waals surface area contributed by atoms with Gasteiger partial charge < -0.3 is 29.9 Å². The van der Waals surface area contributed by atoms with Gasteiger partial charge >= 0.3 is 0 Å². The molecule has 0 unspecified atom stereocenters. The number of rotatable bonds is 15. The molecule has 6 aromatic rings. The number of aromatic nitrogens is 4. The fourth-order valence-electron chi connectivity index (χ4n) is 6.08. The van der Waals surface area contributed by atoms with Gasteiger partial charge in [-0.1, -0.05) is 0 Å². The molecule has 0 saturated carbocycles. The first-order valence-corrected chi connectivity index (χ1v) is 17.8. The summed E-state index contributed by atoms with van der Waals surface area (Å²) in [5.41, 5.74) is 2.61. The lowest BCUT2D eigenvalue weighted by Crippen LogP contribution is -2.42. The number of carbonyl (C=O) groups excluding carboxylic acids is 2. The molecule has 0 saturated heterocycles. The van der Waals surface area contributed by atoms with Gasteiger partial charge in [0.1, 0.15) is 46.9 Å². The highest BCUT2D eigenvalue weighted by molar-refractivity contribution is 7.59. The van der Waals surface area contributed by atoms with Crippen LogP contribution in [0.2, 0.25) is 0 Å². The Morgan fingerprint density at radius 3 is 1.13 bits per heavy atom. The molecular formula is C42H42F4N8O4S2. The lowest BCUT2D eigenvalue weighted by molar-refractivity contribution is -0.119. The fourth-order valence-corrected chi connectivity index (χ4v) is 6.08. The van der Waals surface area contributed by atoms with Crippen LogP contribution in [0.15, 0.2) is 110 Å². The molecule has 0 aliphatic carbocycles. The Labute approximate surface area is 357 Å². The van der Waals surface area contributed by atoms with Gasteiger partial charge in [0, 0.05) is 86.4 Å². The molecule has 2 amide bonds. The zero-order chi connectivity index (χ0) is 41.3.